The summed E-state index contributed by atoms with van der Waals surface area (Å²) in [6.07, 6.45) is -0.699. The summed E-state index contributed by atoms with van der Waals surface area (Å²) < 4.78 is 0. The zero-order valence-corrected chi connectivity index (χ0v) is 13.2. The number of benzene rings is 1. The van der Waals surface area contributed by atoms with Crippen molar-refractivity contribution in [2.24, 2.45) is 0 Å². The Kier molecular flexibility index (Phi) is 7.25. The first-order valence-electron chi connectivity index (χ1n) is 6.63. The molecule has 1 amide bonds. The second-order valence-electron chi connectivity index (χ2n) is 4.78. The van der Waals surface area contributed by atoms with Crippen LogP contribution in [0.3, 0.4) is 0 Å². The Labute approximate surface area is 133 Å². The monoisotopic (exact) mass is 335 g/mol. The molecule has 1 saturated heterocycles. The van der Waals surface area contributed by atoms with E-state index in [2.05, 4.69) is 0 Å². The summed E-state index contributed by atoms with van der Waals surface area (Å²) in [5.74, 6) is 0.0686. The van der Waals surface area contributed by atoms with Gasteiger partial charge in [-0.3, -0.25) is 4.79 Å². The van der Waals surface area contributed by atoms with Gasteiger partial charge in [0.1, 0.15) is 5.75 Å². The van der Waals surface area contributed by atoms with Crippen LogP contribution >= 0.6 is 23.2 Å². The molecule has 0 saturated carbocycles. The normalized spacial score (nSPS) is 21.8. The molecular formula is C14H19Cl2NO4. The molecule has 0 spiro atoms. The maximum Gasteiger partial charge on any atom is 0.225 e. The van der Waals surface area contributed by atoms with Gasteiger partial charge in [0.25, 0.3) is 0 Å². The van der Waals surface area contributed by atoms with Crippen molar-refractivity contribution >= 4 is 29.1 Å². The molecule has 21 heavy (non-hydrogen) atoms. The first-order valence-corrected chi connectivity index (χ1v) is 7.38. The maximum absolute atomic E-state index is 11.2. The first kappa shape index (κ1) is 18.0. The van der Waals surface area contributed by atoms with E-state index < -0.39 is 12.2 Å². The summed E-state index contributed by atoms with van der Waals surface area (Å²) in [4.78, 5) is 12.8. The SMILES string of the molecule is CCCN1CC(O)C(O)CC1=O.Oc1ccc(Cl)c(Cl)c1. The number of piperidine rings is 1. The number of phenols is 1. The maximum atomic E-state index is 11.2. The number of phenolic OH excluding ortho intramolecular Hbond substituents is 1. The average molecular weight is 336 g/mol. The van der Waals surface area contributed by atoms with Gasteiger partial charge in [-0.1, -0.05) is 30.1 Å². The molecule has 2 rings (SSSR count). The van der Waals surface area contributed by atoms with Crippen LogP contribution in [0.25, 0.3) is 0 Å². The van der Waals surface area contributed by atoms with Crippen LogP contribution in [0.4, 0.5) is 0 Å². The molecule has 1 aliphatic heterocycles. The van der Waals surface area contributed by atoms with Crippen molar-refractivity contribution in [3.8, 4) is 5.75 Å². The van der Waals surface area contributed by atoms with Crippen molar-refractivity contribution in [1.82, 2.24) is 4.90 Å². The molecule has 2 unspecified atom stereocenters. The predicted octanol–water partition coefficient (Wildman–Crippen LogP) is 2.05. The van der Waals surface area contributed by atoms with E-state index in [1.54, 1.807) is 11.0 Å². The summed E-state index contributed by atoms with van der Waals surface area (Å²) in [6.45, 7) is 2.92. The topological polar surface area (TPSA) is 81.0 Å². The molecule has 1 fully saturated rings. The Balaban J connectivity index is 0.000000219. The standard InChI is InChI=1S/C8H15NO3.C6H4Cl2O/c1-2-3-9-5-7(11)6(10)4-8(9)12;7-5-2-1-4(9)3-6(5)8/h6-7,10-11H,2-5H2,1H3;1-3,9H. The van der Waals surface area contributed by atoms with Gasteiger partial charge < -0.3 is 20.2 Å². The Morgan fingerprint density at radius 3 is 2.43 bits per heavy atom. The van der Waals surface area contributed by atoms with Crippen molar-refractivity contribution in [3.05, 3.63) is 28.2 Å². The second-order valence-corrected chi connectivity index (χ2v) is 5.59. The van der Waals surface area contributed by atoms with Gasteiger partial charge in [-0.2, -0.15) is 0 Å². The Morgan fingerprint density at radius 1 is 1.24 bits per heavy atom. The lowest BCUT2D eigenvalue weighted by Crippen LogP contribution is -2.49. The van der Waals surface area contributed by atoms with Gasteiger partial charge in [0, 0.05) is 13.1 Å². The minimum absolute atomic E-state index is 0.0567. The molecule has 0 aromatic heterocycles. The van der Waals surface area contributed by atoms with Crippen molar-refractivity contribution in [2.45, 2.75) is 32.0 Å². The summed E-state index contributed by atoms with van der Waals surface area (Å²) >= 11 is 11.1. The fraction of sp³-hybridized carbons (Fsp3) is 0.500. The Hall–Kier alpha value is -1.01. The number of aliphatic hydroxyl groups excluding tert-OH is 2. The number of likely N-dealkylation sites (tertiary alicyclic amines) is 1. The van der Waals surface area contributed by atoms with E-state index in [1.165, 1.54) is 12.1 Å². The van der Waals surface area contributed by atoms with Gasteiger partial charge >= 0.3 is 0 Å². The zero-order valence-electron chi connectivity index (χ0n) is 11.7. The third-order valence-electron chi connectivity index (χ3n) is 2.98. The number of carbonyl (C=O) groups is 1. The van der Waals surface area contributed by atoms with E-state index in [0.29, 0.717) is 16.6 Å². The van der Waals surface area contributed by atoms with E-state index in [4.69, 9.17) is 33.4 Å². The molecule has 1 heterocycles. The third-order valence-corrected chi connectivity index (χ3v) is 3.72. The average Bonchev–Trinajstić information content (AvgIpc) is 2.42. The molecule has 0 aliphatic carbocycles. The highest BCUT2D eigenvalue weighted by atomic mass is 35.5. The van der Waals surface area contributed by atoms with Crippen molar-refractivity contribution < 1.29 is 20.1 Å². The number of nitrogens with zero attached hydrogens (tertiary/aromatic N) is 1. The number of hydrogen-bond donors (Lipinski definition) is 3. The lowest BCUT2D eigenvalue weighted by Gasteiger charge is -2.32. The molecule has 0 bridgehead atoms. The highest BCUT2D eigenvalue weighted by Gasteiger charge is 2.30. The van der Waals surface area contributed by atoms with Gasteiger partial charge in [0.2, 0.25) is 5.91 Å². The fourth-order valence-corrected chi connectivity index (χ4v) is 2.16. The van der Waals surface area contributed by atoms with Crippen molar-refractivity contribution in [2.75, 3.05) is 13.1 Å². The smallest absolute Gasteiger partial charge is 0.225 e. The second kappa shape index (κ2) is 8.44. The van der Waals surface area contributed by atoms with E-state index in [1.807, 2.05) is 6.92 Å². The number of halogens is 2. The van der Waals surface area contributed by atoms with Crippen molar-refractivity contribution in [1.29, 1.82) is 0 Å². The van der Waals surface area contributed by atoms with Crippen LogP contribution in [-0.4, -0.2) is 51.4 Å². The molecule has 7 heteroatoms. The summed E-state index contributed by atoms with van der Waals surface area (Å²) in [5.41, 5.74) is 0. The number of aliphatic hydroxyl groups is 2. The van der Waals surface area contributed by atoms with Gasteiger partial charge in [-0.15, -0.1) is 0 Å². The molecule has 1 aromatic carbocycles. The molecule has 1 aromatic rings. The quantitative estimate of drug-likeness (QED) is 0.772. The fourth-order valence-electron chi connectivity index (χ4n) is 1.86. The number of β-amino-alcohol motifs (C(OH)–C–C–N with tert-alkyl or cyclic N) is 1. The molecule has 118 valence electrons. The first-order chi connectivity index (χ1) is 9.85. The third kappa shape index (κ3) is 5.71. The number of aromatic hydroxyl groups is 1. The van der Waals surface area contributed by atoms with Gasteiger partial charge in [0.15, 0.2) is 0 Å². The van der Waals surface area contributed by atoms with Gasteiger partial charge in [0.05, 0.1) is 28.7 Å². The number of hydrogen-bond acceptors (Lipinski definition) is 4. The zero-order chi connectivity index (χ0) is 16.0. The Morgan fingerprint density at radius 2 is 1.90 bits per heavy atom. The van der Waals surface area contributed by atoms with Gasteiger partial charge in [-0.05, 0) is 24.6 Å². The van der Waals surface area contributed by atoms with E-state index >= 15 is 0 Å². The van der Waals surface area contributed by atoms with Crippen LogP contribution < -0.4 is 0 Å². The molecule has 3 N–H and O–H groups in total. The van der Waals surface area contributed by atoms with Crippen molar-refractivity contribution in [3.63, 3.8) is 0 Å². The van der Waals surface area contributed by atoms with Gasteiger partial charge in [-0.25, -0.2) is 0 Å². The largest absolute Gasteiger partial charge is 0.508 e. The number of rotatable bonds is 2. The molecule has 0 radical (unpaired) electrons. The lowest BCUT2D eigenvalue weighted by atomic mass is 10.0. The predicted molar refractivity (Wildman–Crippen MR) is 81.6 cm³/mol. The van der Waals surface area contributed by atoms with Crippen LogP contribution in [0, 0.1) is 0 Å². The van der Waals surface area contributed by atoms with E-state index in [9.17, 15) is 9.90 Å². The number of amides is 1. The Bertz CT molecular complexity index is 484. The highest BCUT2D eigenvalue weighted by Crippen LogP contribution is 2.25. The van der Waals surface area contributed by atoms with Crippen LogP contribution in [0.15, 0.2) is 18.2 Å². The molecule has 2 atom stereocenters. The molecule has 1 aliphatic rings. The highest BCUT2D eigenvalue weighted by molar-refractivity contribution is 6.42. The summed E-state index contributed by atoms with van der Waals surface area (Å²) in [7, 11) is 0. The van der Waals surface area contributed by atoms with Crippen LogP contribution in [0.2, 0.25) is 10.0 Å². The van der Waals surface area contributed by atoms with E-state index in [0.717, 1.165) is 6.42 Å². The number of carbonyl (C=O) groups excluding carboxylic acids is 1. The molecular weight excluding hydrogens is 317 g/mol. The van der Waals surface area contributed by atoms with E-state index in [-0.39, 0.29) is 24.6 Å². The summed E-state index contributed by atoms with van der Waals surface area (Å²) in [5, 5.41) is 28.0. The minimum atomic E-state index is -0.870. The summed E-state index contributed by atoms with van der Waals surface area (Å²) in [6, 6.07) is 4.41. The van der Waals surface area contributed by atoms with Crippen LogP contribution in [0.1, 0.15) is 19.8 Å². The van der Waals surface area contributed by atoms with Crippen LogP contribution in [-0.2, 0) is 4.79 Å². The van der Waals surface area contributed by atoms with Crippen LogP contribution in [0.5, 0.6) is 5.75 Å². The molecule has 5 nitrogen and oxygen atoms in total. The lowest BCUT2D eigenvalue weighted by molar-refractivity contribution is -0.144. The minimum Gasteiger partial charge on any atom is -0.508 e.